The molecule has 1 N–H and O–H groups in total. The fourth-order valence-corrected chi connectivity index (χ4v) is 2.37. The number of amides is 2. The number of aliphatic carboxylic acids is 1. The molecule has 100 valence electrons. The zero-order valence-corrected chi connectivity index (χ0v) is 10.5. The normalized spacial score (nSPS) is 25.9. The van der Waals surface area contributed by atoms with E-state index in [1.165, 1.54) is 4.90 Å². The Balaban J connectivity index is 1.81. The molecule has 2 atom stereocenters. The minimum absolute atomic E-state index is 0.0455. The zero-order valence-electron chi connectivity index (χ0n) is 10.5. The minimum atomic E-state index is -0.924. The third kappa shape index (κ3) is 2.63. The Morgan fingerprint density at radius 3 is 2.33 bits per heavy atom. The monoisotopic (exact) mass is 254 g/mol. The van der Waals surface area contributed by atoms with Crippen LogP contribution in [0.3, 0.4) is 0 Å². The fourth-order valence-electron chi connectivity index (χ4n) is 2.37. The van der Waals surface area contributed by atoms with E-state index in [0.717, 1.165) is 25.9 Å². The van der Waals surface area contributed by atoms with E-state index in [4.69, 9.17) is 5.11 Å². The molecule has 1 saturated carbocycles. The first-order chi connectivity index (χ1) is 8.50. The van der Waals surface area contributed by atoms with Crippen LogP contribution >= 0.6 is 0 Å². The van der Waals surface area contributed by atoms with Crippen LogP contribution in [0.15, 0.2) is 0 Å². The van der Waals surface area contributed by atoms with Crippen molar-refractivity contribution in [2.45, 2.75) is 19.3 Å². The van der Waals surface area contributed by atoms with E-state index >= 15 is 0 Å². The van der Waals surface area contributed by atoms with Crippen molar-refractivity contribution >= 4 is 17.8 Å². The molecule has 2 rings (SSSR count). The van der Waals surface area contributed by atoms with Crippen molar-refractivity contribution in [3.63, 3.8) is 0 Å². The van der Waals surface area contributed by atoms with Gasteiger partial charge in [-0.25, -0.2) is 0 Å². The number of hydrogen-bond donors (Lipinski definition) is 1. The van der Waals surface area contributed by atoms with Gasteiger partial charge in [-0.05, 0) is 19.3 Å². The number of carboxylic acid groups (broad SMARTS) is 1. The second-order valence-electron chi connectivity index (χ2n) is 5.07. The van der Waals surface area contributed by atoms with Crippen LogP contribution in [0.25, 0.3) is 0 Å². The predicted octanol–water partition coefficient (Wildman–Crippen LogP) is -0.212. The average molecular weight is 254 g/mol. The summed E-state index contributed by atoms with van der Waals surface area (Å²) in [5.41, 5.74) is 0. The van der Waals surface area contributed by atoms with Gasteiger partial charge in [-0.2, -0.15) is 0 Å². The number of likely N-dealkylation sites (tertiary alicyclic amines) is 1. The zero-order chi connectivity index (χ0) is 13.3. The molecular weight excluding hydrogens is 236 g/mol. The molecule has 1 heterocycles. The summed E-state index contributed by atoms with van der Waals surface area (Å²) < 4.78 is 0. The molecule has 0 unspecified atom stereocenters. The molecule has 0 radical (unpaired) electrons. The number of carbonyl (C=O) groups is 3. The molecular formula is C12H18N2O4. The van der Waals surface area contributed by atoms with Crippen LogP contribution < -0.4 is 0 Å². The standard InChI is InChI=1S/C12H18N2O4/c1-13(7-10(15)14-4-2-3-5-14)11(16)8-6-9(8)12(17)18/h8-9H,2-7H2,1H3,(H,17,18)/t8-,9+/m1/s1. The molecule has 2 amide bonds. The lowest BCUT2D eigenvalue weighted by Gasteiger charge is -2.21. The number of carboxylic acids is 1. The first kappa shape index (κ1) is 12.9. The van der Waals surface area contributed by atoms with Crippen LogP contribution in [0.1, 0.15) is 19.3 Å². The van der Waals surface area contributed by atoms with Crippen molar-refractivity contribution in [2.24, 2.45) is 11.8 Å². The van der Waals surface area contributed by atoms with E-state index in [2.05, 4.69) is 0 Å². The van der Waals surface area contributed by atoms with Crippen LogP contribution in [0.4, 0.5) is 0 Å². The van der Waals surface area contributed by atoms with E-state index in [0.29, 0.717) is 6.42 Å². The second kappa shape index (κ2) is 4.96. The van der Waals surface area contributed by atoms with Crippen molar-refractivity contribution < 1.29 is 19.5 Å². The number of hydrogen-bond acceptors (Lipinski definition) is 3. The number of carbonyl (C=O) groups excluding carboxylic acids is 2. The highest BCUT2D eigenvalue weighted by Crippen LogP contribution is 2.39. The Hall–Kier alpha value is -1.59. The van der Waals surface area contributed by atoms with Gasteiger partial charge in [0.1, 0.15) is 0 Å². The number of rotatable bonds is 4. The maximum Gasteiger partial charge on any atom is 0.307 e. The van der Waals surface area contributed by atoms with E-state index in [-0.39, 0.29) is 18.4 Å². The van der Waals surface area contributed by atoms with E-state index < -0.39 is 17.8 Å². The molecule has 0 bridgehead atoms. The Labute approximate surface area is 106 Å². The quantitative estimate of drug-likeness (QED) is 0.753. The van der Waals surface area contributed by atoms with Gasteiger partial charge < -0.3 is 14.9 Å². The Morgan fingerprint density at radius 1 is 1.22 bits per heavy atom. The van der Waals surface area contributed by atoms with Crippen molar-refractivity contribution in [1.29, 1.82) is 0 Å². The second-order valence-corrected chi connectivity index (χ2v) is 5.07. The molecule has 6 heteroatoms. The molecule has 6 nitrogen and oxygen atoms in total. The molecule has 18 heavy (non-hydrogen) atoms. The highest BCUT2D eigenvalue weighted by atomic mass is 16.4. The van der Waals surface area contributed by atoms with E-state index in [1.807, 2.05) is 0 Å². The maximum atomic E-state index is 11.9. The first-order valence-corrected chi connectivity index (χ1v) is 6.26. The van der Waals surface area contributed by atoms with Gasteiger partial charge in [0.15, 0.2) is 0 Å². The van der Waals surface area contributed by atoms with E-state index in [9.17, 15) is 14.4 Å². The highest BCUT2D eigenvalue weighted by molar-refractivity contribution is 5.91. The van der Waals surface area contributed by atoms with Crippen LogP contribution in [-0.2, 0) is 14.4 Å². The molecule has 1 saturated heterocycles. The molecule has 0 spiro atoms. The third-order valence-corrected chi connectivity index (χ3v) is 3.63. The smallest absolute Gasteiger partial charge is 0.307 e. The lowest BCUT2D eigenvalue weighted by Crippen LogP contribution is -2.40. The molecule has 2 aliphatic rings. The molecule has 0 aromatic rings. The number of nitrogens with zero attached hydrogens (tertiary/aromatic N) is 2. The first-order valence-electron chi connectivity index (χ1n) is 6.26. The SMILES string of the molecule is CN(CC(=O)N1CCCC1)C(=O)[C@@H]1C[C@@H]1C(=O)O. The topological polar surface area (TPSA) is 77.9 Å². The number of likely N-dealkylation sites (N-methyl/N-ethyl adjacent to an activating group) is 1. The Kier molecular flexibility index (Phi) is 3.54. The third-order valence-electron chi connectivity index (χ3n) is 3.63. The van der Waals surface area contributed by atoms with Crippen LogP contribution in [0.5, 0.6) is 0 Å². The molecule has 2 fully saturated rings. The largest absolute Gasteiger partial charge is 0.481 e. The minimum Gasteiger partial charge on any atom is -0.481 e. The summed E-state index contributed by atoms with van der Waals surface area (Å²) in [4.78, 5) is 37.5. The van der Waals surface area contributed by atoms with Gasteiger partial charge >= 0.3 is 5.97 Å². The van der Waals surface area contributed by atoms with Crippen LogP contribution in [0.2, 0.25) is 0 Å². The van der Waals surface area contributed by atoms with Gasteiger partial charge in [0.2, 0.25) is 11.8 Å². The lowest BCUT2D eigenvalue weighted by molar-refractivity contribution is -0.143. The van der Waals surface area contributed by atoms with Crippen LogP contribution in [0, 0.1) is 11.8 Å². The summed E-state index contributed by atoms with van der Waals surface area (Å²) in [5, 5.41) is 8.76. The summed E-state index contributed by atoms with van der Waals surface area (Å²) in [6.45, 7) is 1.59. The van der Waals surface area contributed by atoms with Gasteiger partial charge in [0, 0.05) is 20.1 Å². The van der Waals surface area contributed by atoms with Gasteiger partial charge in [-0.3, -0.25) is 14.4 Å². The van der Waals surface area contributed by atoms with Gasteiger partial charge in [0.25, 0.3) is 0 Å². The maximum absolute atomic E-state index is 11.9. The highest BCUT2D eigenvalue weighted by Gasteiger charge is 2.49. The molecule has 0 aromatic heterocycles. The van der Waals surface area contributed by atoms with Crippen molar-refractivity contribution in [3.05, 3.63) is 0 Å². The summed E-state index contributed by atoms with van der Waals surface area (Å²) in [6, 6.07) is 0. The van der Waals surface area contributed by atoms with Crippen molar-refractivity contribution in [1.82, 2.24) is 9.80 Å². The van der Waals surface area contributed by atoms with E-state index in [1.54, 1.807) is 11.9 Å². The Morgan fingerprint density at radius 2 is 1.83 bits per heavy atom. The van der Waals surface area contributed by atoms with Crippen molar-refractivity contribution in [2.75, 3.05) is 26.7 Å². The molecule has 1 aliphatic heterocycles. The molecule has 0 aromatic carbocycles. The fraction of sp³-hybridized carbons (Fsp3) is 0.750. The van der Waals surface area contributed by atoms with Gasteiger partial charge in [-0.1, -0.05) is 0 Å². The molecule has 1 aliphatic carbocycles. The van der Waals surface area contributed by atoms with Crippen LogP contribution in [-0.4, -0.2) is 59.4 Å². The average Bonchev–Trinajstić information content (AvgIpc) is 2.94. The van der Waals surface area contributed by atoms with Gasteiger partial charge in [-0.15, -0.1) is 0 Å². The predicted molar refractivity (Wildman–Crippen MR) is 62.7 cm³/mol. The summed E-state index contributed by atoms with van der Waals surface area (Å²) in [6.07, 6.45) is 2.44. The van der Waals surface area contributed by atoms with Gasteiger partial charge in [0.05, 0.1) is 18.4 Å². The summed E-state index contributed by atoms with van der Waals surface area (Å²) in [7, 11) is 1.56. The summed E-state index contributed by atoms with van der Waals surface area (Å²) >= 11 is 0. The summed E-state index contributed by atoms with van der Waals surface area (Å²) in [5.74, 6) is -2.18. The van der Waals surface area contributed by atoms with Crippen molar-refractivity contribution in [3.8, 4) is 0 Å². The Bertz CT molecular complexity index is 376. The lowest BCUT2D eigenvalue weighted by atomic mass is 10.3.